The van der Waals surface area contributed by atoms with Crippen LogP contribution in [0, 0.1) is 6.92 Å². The van der Waals surface area contributed by atoms with E-state index in [0.717, 1.165) is 43.5 Å². The van der Waals surface area contributed by atoms with Crippen LogP contribution in [-0.4, -0.2) is 52.6 Å². The average Bonchev–Trinajstić information content (AvgIpc) is 2.38. The van der Waals surface area contributed by atoms with Crippen LogP contribution < -0.4 is 10.6 Å². The maximum absolute atomic E-state index is 5.59. The lowest BCUT2D eigenvalue weighted by Crippen LogP contribution is -2.49. The molecule has 2 heterocycles. The maximum atomic E-state index is 5.59. The normalized spacial score (nSPS) is 16.7. The van der Waals surface area contributed by atoms with E-state index in [1.54, 1.807) is 0 Å². The molecule has 0 saturated carbocycles. The van der Waals surface area contributed by atoms with E-state index in [4.69, 9.17) is 18.0 Å². The lowest BCUT2D eigenvalue weighted by atomic mass is 10.1. The number of aryl methyl sites for hydroxylation is 1. The van der Waals surface area contributed by atoms with Gasteiger partial charge in [-0.25, -0.2) is 9.97 Å². The summed E-state index contributed by atoms with van der Waals surface area (Å²) >= 11 is 4.96. The summed E-state index contributed by atoms with van der Waals surface area (Å²) in [6.07, 6.45) is 0. The second-order valence-electron chi connectivity index (χ2n) is 5.62. The lowest BCUT2D eigenvalue weighted by molar-refractivity contribution is 0.290. The lowest BCUT2D eigenvalue weighted by Gasteiger charge is -2.34. The zero-order valence-corrected chi connectivity index (χ0v) is 13.3. The van der Waals surface area contributed by atoms with E-state index in [1.807, 2.05) is 6.92 Å². The number of thiocarbonyl (C=S) groups is 1. The minimum atomic E-state index is 0.423. The van der Waals surface area contributed by atoms with Crippen LogP contribution in [-0.2, 0) is 0 Å². The first-order valence-electron chi connectivity index (χ1n) is 7.07. The van der Waals surface area contributed by atoms with Crippen molar-refractivity contribution in [1.82, 2.24) is 14.9 Å². The van der Waals surface area contributed by atoms with Gasteiger partial charge in [-0.3, -0.25) is 4.90 Å². The third-order valence-corrected chi connectivity index (χ3v) is 3.62. The standard InChI is InChI=1S/C14H23N5S/c1-10(2)12-8-11(3)16-14(17-12)19-6-4-18(5-7-19)9-13(15)20/h8,10H,4-7,9H2,1-3H3,(H2,15,20). The van der Waals surface area contributed by atoms with Crippen molar-refractivity contribution in [2.24, 2.45) is 5.73 Å². The molecule has 0 radical (unpaired) electrons. The molecule has 1 aliphatic heterocycles. The summed E-state index contributed by atoms with van der Waals surface area (Å²) in [4.78, 5) is 14.3. The summed E-state index contributed by atoms with van der Waals surface area (Å²) < 4.78 is 0. The Balaban J connectivity index is 2.05. The van der Waals surface area contributed by atoms with Gasteiger partial charge >= 0.3 is 0 Å². The van der Waals surface area contributed by atoms with E-state index in [1.165, 1.54) is 0 Å². The van der Waals surface area contributed by atoms with Crippen molar-refractivity contribution in [3.63, 3.8) is 0 Å². The molecule has 5 nitrogen and oxygen atoms in total. The SMILES string of the molecule is Cc1cc(C(C)C)nc(N2CCN(CC(N)=S)CC2)n1. The average molecular weight is 293 g/mol. The summed E-state index contributed by atoms with van der Waals surface area (Å²) in [5, 5.41) is 0. The molecule has 1 fully saturated rings. The van der Waals surface area contributed by atoms with E-state index in [2.05, 4.69) is 39.7 Å². The largest absolute Gasteiger partial charge is 0.392 e. The van der Waals surface area contributed by atoms with Crippen molar-refractivity contribution < 1.29 is 0 Å². The molecule has 0 spiro atoms. The minimum absolute atomic E-state index is 0.423. The van der Waals surface area contributed by atoms with Crippen molar-refractivity contribution in [1.29, 1.82) is 0 Å². The number of aromatic nitrogens is 2. The molecule has 1 aromatic rings. The molecule has 1 aromatic heterocycles. The number of rotatable bonds is 4. The van der Waals surface area contributed by atoms with Gasteiger partial charge in [-0.1, -0.05) is 26.1 Å². The molecule has 0 aliphatic carbocycles. The van der Waals surface area contributed by atoms with E-state index in [0.29, 0.717) is 17.5 Å². The zero-order valence-electron chi connectivity index (χ0n) is 12.5. The van der Waals surface area contributed by atoms with Crippen molar-refractivity contribution in [2.45, 2.75) is 26.7 Å². The molecular weight excluding hydrogens is 270 g/mol. The molecule has 0 atom stereocenters. The van der Waals surface area contributed by atoms with Crippen molar-refractivity contribution in [2.75, 3.05) is 37.6 Å². The Morgan fingerprint density at radius 3 is 2.50 bits per heavy atom. The topological polar surface area (TPSA) is 58.3 Å². The Kier molecular flexibility index (Phi) is 4.88. The Morgan fingerprint density at radius 2 is 1.95 bits per heavy atom. The highest BCUT2D eigenvalue weighted by Crippen LogP contribution is 2.18. The number of nitrogens with two attached hydrogens (primary N) is 1. The molecule has 110 valence electrons. The highest BCUT2D eigenvalue weighted by molar-refractivity contribution is 7.80. The summed E-state index contributed by atoms with van der Waals surface area (Å²) in [7, 11) is 0. The number of hydrogen-bond donors (Lipinski definition) is 1. The Morgan fingerprint density at radius 1 is 1.30 bits per heavy atom. The fourth-order valence-corrected chi connectivity index (χ4v) is 2.52. The maximum Gasteiger partial charge on any atom is 0.225 e. The molecule has 2 N–H and O–H groups in total. The Labute approximate surface area is 126 Å². The first-order chi connectivity index (χ1) is 9.45. The smallest absolute Gasteiger partial charge is 0.225 e. The third-order valence-electron chi connectivity index (χ3n) is 3.49. The van der Waals surface area contributed by atoms with Gasteiger partial charge in [0.1, 0.15) is 0 Å². The zero-order chi connectivity index (χ0) is 14.7. The quantitative estimate of drug-likeness (QED) is 0.845. The first kappa shape index (κ1) is 15.1. The van der Waals surface area contributed by atoms with E-state index >= 15 is 0 Å². The van der Waals surface area contributed by atoms with Crippen LogP contribution in [0.1, 0.15) is 31.2 Å². The van der Waals surface area contributed by atoms with Crippen LogP contribution in [0.3, 0.4) is 0 Å². The Bertz CT molecular complexity index is 480. The minimum Gasteiger partial charge on any atom is -0.392 e. The third kappa shape index (κ3) is 3.86. The van der Waals surface area contributed by atoms with E-state index in [-0.39, 0.29) is 0 Å². The van der Waals surface area contributed by atoms with Crippen LogP contribution in [0.2, 0.25) is 0 Å². The van der Waals surface area contributed by atoms with Gasteiger partial charge in [-0.15, -0.1) is 0 Å². The second kappa shape index (κ2) is 6.45. The van der Waals surface area contributed by atoms with Crippen molar-refractivity contribution in [3.8, 4) is 0 Å². The second-order valence-corrected chi connectivity index (χ2v) is 6.14. The molecule has 0 unspecified atom stereocenters. The predicted molar refractivity (Wildman–Crippen MR) is 86.3 cm³/mol. The van der Waals surface area contributed by atoms with Gasteiger partial charge in [0.25, 0.3) is 0 Å². The van der Waals surface area contributed by atoms with E-state index in [9.17, 15) is 0 Å². The summed E-state index contributed by atoms with van der Waals surface area (Å²) in [6.45, 7) is 10.8. The molecule has 6 heteroatoms. The summed E-state index contributed by atoms with van der Waals surface area (Å²) in [6, 6.07) is 2.07. The fraction of sp³-hybridized carbons (Fsp3) is 0.643. The number of anilines is 1. The summed E-state index contributed by atoms with van der Waals surface area (Å²) in [5.41, 5.74) is 7.73. The highest BCUT2D eigenvalue weighted by Gasteiger charge is 2.20. The van der Waals surface area contributed by atoms with Gasteiger partial charge in [-0.05, 0) is 18.9 Å². The van der Waals surface area contributed by atoms with E-state index < -0.39 is 0 Å². The first-order valence-corrected chi connectivity index (χ1v) is 7.47. The Hall–Kier alpha value is -1.27. The highest BCUT2D eigenvalue weighted by atomic mass is 32.1. The van der Waals surface area contributed by atoms with Gasteiger partial charge < -0.3 is 10.6 Å². The molecule has 0 bridgehead atoms. The van der Waals surface area contributed by atoms with Crippen LogP contribution in [0.25, 0.3) is 0 Å². The van der Waals surface area contributed by atoms with Crippen LogP contribution in [0.4, 0.5) is 5.95 Å². The van der Waals surface area contributed by atoms with Crippen LogP contribution in [0.5, 0.6) is 0 Å². The molecular formula is C14H23N5S. The van der Waals surface area contributed by atoms with Crippen LogP contribution >= 0.6 is 12.2 Å². The molecule has 20 heavy (non-hydrogen) atoms. The fourth-order valence-electron chi connectivity index (χ4n) is 2.34. The predicted octanol–water partition coefficient (Wildman–Crippen LogP) is 1.32. The monoisotopic (exact) mass is 293 g/mol. The molecule has 1 saturated heterocycles. The van der Waals surface area contributed by atoms with Gasteiger partial charge in [0.15, 0.2) is 0 Å². The van der Waals surface area contributed by atoms with Crippen molar-refractivity contribution >= 4 is 23.2 Å². The van der Waals surface area contributed by atoms with Gasteiger partial charge in [0.2, 0.25) is 5.95 Å². The van der Waals surface area contributed by atoms with Gasteiger partial charge in [0.05, 0.1) is 4.99 Å². The van der Waals surface area contributed by atoms with Crippen LogP contribution in [0.15, 0.2) is 6.07 Å². The number of hydrogen-bond acceptors (Lipinski definition) is 5. The van der Waals surface area contributed by atoms with Gasteiger partial charge in [-0.2, -0.15) is 0 Å². The number of piperazine rings is 1. The number of nitrogens with zero attached hydrogens (tertiary/aromatic N) is 4. The molecule has 0 aromatic carbocycles. The summed E-state index contributed by atoms with van der Waals surface area (Å²) in [5.74, 6) is 1.27. The molecule has 2 rings (SSSR count). The van der Waals surface area contributed by atoms with Crippen molar-refractivity contribution in [3.05, 3.63) is 17.5 Å². The molecule has 0 amide bonds. The van der Waals surface area contributed by atoms with Gasteiger partial charge in [0, 0.05) is 44.1 Å². The molecule has 1 aliphatic rings.